The Balaban J connectivity index is 1.66. The van der Waals surface area contributed by atoms with E-state index >= 15 is 0 Å². The lowest BCUT2D eigenvalue weighted by Gasteiger charge is -2.04. The van der Waals surface area contributed by atoms with Gasteiger partial charge in [-0.05, 0) is 60.0 Å². The summed E-state index contributed by atoms with van der Waals surface area (Å²) >= 11 is 0. The maximum atomic E-state index is 12.9. The molecule has 0 spiro atoms. The highest BCUT2D eigenvalue weighted by Crippen LogP contribution is 2.13. The Morgan fingerprint density at radius 3 is 2.52 bits per heavy atom. The first-order valence-electron chi connectivity index (χ1n) is 8.12. The van der Waals surface area contributed by atoms with Crippen molar-refractivity contribution in [3.8, 4) is 5.69 Å². The van der Waals surface area contributed by atoms with Crippen LogP contribution in [0.25, 0.3) is 5.69 Å². The summed E-state index contributed by atoms with van der Waals surface area (Å²) < 4.78 is 12.9. The Labute approximate surface area is 144 Å². The second-order valence-electron chi connectivity index (χ2n) is 5.63. The molecule has 3 rings (SSSR count). The highest BCUT2D eigenvalue weighted by atomic mass is 19.1. The van der Waals surface area contributed by atoms with Gasteiger partial charge in [-0.3, -0.25) is 4.79 Å². The molecule has 0 aliphatic carbocycles. The predicted octanol–water partition coefficient (Wildman–Crippen LogP) is 3.40. The second-order valence-corrected chi connectivity index (χ2v) is 5.63. The number of carbonyl (C=O) groups excluding carboxylic acids is 1. The number of amides is 1. The molecule has 0 saturated heterocycles. The van der Waals surface area contributed by atoms with Crippen LogP contribution in [0.1, 0.15) is 35.9 Å². The summed E-state index contributed by atoms with van der Waals surface area (Å²) in [6, 6.07) is 13.3. The van der Waals surface area contributed by atoms with Crippen molar-refractivity contribution in [1.29, 1.82) is 0 Å². The molecule has 0 fully saturated rings. The van der Waals surface area contributed by atoms with Crippen LogP contribution in [0.2, 0.25) is 0 Å². The van der Waals surface area contributed by atoms with E-state index in [2.05, 4.69) is 27.7 Å². The number of nitrogens with zero attached hydrogens (tertiary/aromatic N) is 4. The van der Waals surface area contributed by atoms with E-state index in [9.17, 15) is 9.18 Å². The summed E-state index contributed by atoms with van der Waals surface area (Å²) in [5.74, 6) is -0.863. The van der Waals surface area contributed by atoms with Gasteiger partial charge in [-0.2, -0.15) is 0 Å². The lowest BCUT2D eigenvalue weighted by atomic mass is 10.1. The predicted molar refractivity (Wildman–Crippen MR) is 92.1 cm³/mol. The van der Waals surface area contributed by atoms with Gasteiger partial charge in [0, 0.05) is 5.69 Å². The van der Waals surface area contributed by atoms with Gasteiger partial charge in [0.2, 0.25) is 0 Å². The number of tetrazole rings is 1. The van der Waals surface area contributed by atoms with Crippen LogP contribution >= 0.6 is 0 Å². The topological polar surface area (TPSA) is 72.7 Å². The number of hydrogen-bond donors (Lipinski definition) is 1. The molecule has 7 heteroatoms. The Bertz CT molecular complexity index is 843. The molecule has 0 aliphatic heterocycles. The number of nitrogens with one attached hydrogen (secondary N) is 1. The third-order valence-electron chi connectivity index (χ3n) is 3.71. The molecule has 25 heavy (non-hydrogen) atoms. The number of aromatic nitrogens is 4. The van der Waals surface area contributed by atoms with Crippen molar-refractivity contribution in [2.24, 2.45) is 0 Å². The van der Waals surface area contributed by atoms with Crippen molar-refractivity contribution in [2.45, 2.75) is 26.2 Å². The SMILES string of the molecule is CCCCc1ccc(NC(=O)c2nnn(-c3ccc(F)cc3)n2)cc1. The summed E-state index contributed by atoms with van der Waals surface area (Å²) in [5.41, 5.74) is 2.43. The fraction of sp³-hybridized carbons (Fsp3) is 0.222. The minimum atomic E-state index is -0.449. The molecule has 3 aromatic rings. The number of rotatable bonds is 6. The molecular weight excluding hydrogens is 321 g/mol. The van der Waals surface area contributed by atoms with Crippen molar-refractivity contribution < 1.29 is 9.18 Å². The van der Waals surface area contributed by atoms with Gasteiger partial charge in [0.1, 0.15) is 5.82 Å². The lowest BCUT2D eigenvalue weighted by molar-refractivity contribution is 0.101. The second kappa shape index (κ2) is 7.65. The fourth-order valence-electron chi connectivity index (χ4n) is 2.31. The van der Waals surface area contributed by atoms with E-state index in [4.69, 9.17) is 0 Å². The third kappa shape index (κ3) is 4.26. The van der Waals surface area contributed by atoms with Gasteiger partial charge in [-0.15, -0.1) is 15.0 Å². The third-order valence-corrected chi connectivity index (χ3v) is 3.71. The number of benzene rings is 2. The van der Waals surface area contributed by atoms with E-state index in [-0.39, 0.29) is 11.6 Å². The molecular formula is C18H18FN5O. The summed E-state index contributed by atoms with van der Waals surface area (Å²) in [4.78, 5) is 13.4. The van der Waals surface area contributed by atoms with Crippen molar-refractivity contribution in [3.05, 3.63) is 65.7 Å². The number of unbranched alkanes of at least 4 members (excludes halogenated alkanes) is 1. The van der Waals surface area contributed by atoms with Gasteiger partial charge in [0.05, 0.1) is 5.69 Å². The van der Waals surface area contributed by atoms with Crippen LogP contribution in [0.3, 0.4) is 0 Å². The van der Waals surface area contributed by atoms with Crippen molar-refractivity contribution in [3.63, 3.8) is 0 Å². The molecule has 1 amide bonds. The highest BCUT2D eigenvalue weighted by molar-refractivity contribution is 6.01. The summed E-state index contributed by atoms with van der Waals surface area (Å²) in [7, 11) is 0. The monoisotopic (exact) mass is 339 g/mol. The van der Waals surface area contributed by atoms with Gasteiger partial charge in [-0.1, -0.05) is 25.5 Å². The zero-order valence-corrected chi connectivity index (χ0v) is 13.8. The Morgan fingerprint density at radius 1 is 1.12 bits per heavy atom. The van der Waals surface area contributed by atoms with Gasteiger partial charge in [0.15, 0.2) is 0 Å². The first-order chi connectivity index (χ1) is 12.2. The van der Waals surface area contributed by atoms with E-state index in [0.717, 1.165) is 19.3 Å². The Hall–Kier alpha value is -3.09. The van der Waals surface area contributed by atoms with Crippen LogP contribution in [0.5, 0.6) is 0 Å². The van der Waals surface area contributed by atoms with E-state index < -0.39 is 5.91 Å². The van der Waals surface area contributed by atoms with Crippen LogP contribution in [-0.2, 0) is 6.42 Å². The van der Waals surface area contributed by atoms with Gasteiger partial charge < -0.3 is 5.32 Å². The van der Waals surface area contributed by atoms with E-state index in [1.165, 1.54) is 34.6 Å². The van der Waals surface area contributed by atoms with Crippen LogP contribution in [0.4, 0.5) is 10.1 Å². The molecule has 0 aliphatic rings. The molecule has 1 N–H and O–H groups in total. The van der Waals surface area contributed by atoms with Crippen LogP contribution in [-0.4, -0.2) is 26.1 Å². The molecule has 6 nitrogen and oxygen atoms in total. The van der Waals surface area contributed by atoms with Crippen molar-refractivity contribution >= 4 is 11.6 Å². The Kier molecular flexibility index (Phi) is 5.13. The number of carbonyl (C=O) groups is 1. The number of anilines is 1. The summed E-state index contributed by atoms with van der Waals surface area (Å²) in [5, 5.41) is 14.3. The van der Waals surface area contributed by atoms with Crippen LogP contribution in [0.15, 0.2) is 48.5 Å². The maximum absolute atomic E-state index is 12.9. The first-order valence-corrected chi connectivity index (χ1v) is 8.12. The standard InChI is InChI=1S/C18H18FN5O/c1-2-3-4-13-5-9-15(10-6-13)20-18(25)17-21-23-24(22-17)16-11-7-14(19)8-12-16/h5-12H,2-4H2,1H3,(H,20,25). The van der Waals surface area contributed by atoms with E-state index in [1.807, 2.05) is 24.3 Å². The first kappa shape index (κ1) is 16.8. The lowest BCUT2D eigenvalue weighted by Crippen LogP contribution is -2.14. The zero-order chi connectivity index (χ0) is 17.6. The number of hydrogen-bond acceptors (Lipinski definition) is 4. The quantitative estimate of drug-likeness (QED) is 0.747. The zero-order valence-electron chi connectivity index (χ0n) is 13.8. The van der Waals surface area contributed by atoms with Crippen molar-refractivity contribution in [2.75, 3.05) is 5.32 Å². The summed E-state index contributed by atoms with van der Waals surface area (Å²) in [6.45, 7) is 2.15. The highest BCUT2D eigenvalue weighted by Gasteiger charge is 2.14. The average Bonchev–Trinajstić information content (AvgIpc) is 3.12. The van der Waals surface area contributed by atoms with Gasteiger partial charge in [0.25, 0.3) is 11.7 Å². The Morgan fingerprint density at radius 2 is 1.84 bits per heavy atom. The molecule has 128 valence electrons. The smallest absolute Gasteiger partial charge is 0.297 e. The van der Waals surface area contributed by atoms with E-state index in [0.29, 0.717) is 11.4 Å². The van der Waals surface area contributed by atoms with Gasteiger partial charge in [-0.25, -0.2) is 4.39 Å². The normalized spacial score (nSPS) is 10.6. The van der Waals surface area contributed by atoms with Crippen LogP contribution in [0, 0.1) is 5.82 Å². The molecule has 0 bridgehead atoms. The average molecular weight is 339 g/mol. The van der Waals surface area contributed by atoms with Crippen LogP contribution < -0.4 is 5.32 Å². The summed E-state index contributed by atoms with van der Waals surface area (Å²) in [6.07, 6.45) is 3.31. The fourth-order valence-corrected chi connectivity index (χ4v) is 2.31. The number of halogens is 1. The maximum Gasteiger partial charge on any atom is 0.297 e. The minimum absolute atomic E-state index is 0.0561. The number of aryl methyl sites for hydroxylation is 1. The molecule has 0 atom stereocenters. The van der Waals surface area contributed by atoms with Crippen molar-refractivity contribution in [1.82, 2.24) is 20.2 Å². The largest absolute Gasteiger partial charge is 0.319 e. The van der Waals surface area contributed by atoms with Gasteiger partial charge >= 0.3 is 0 Å². The van der Waals surface area contributed by atoms with E-state index in [1.54, 1.807) is 0 Å². The molecule has 0 radical (unpaired) electrons. The molecule has 1 heterocycles. The minimum Gasteiger partial charge on any atom is -0.319 e. The molecule has 0 saturated carbocycles. The molecule has 0 unspecified atom stereocenters. The molecule has 2 aromatic carbocycles. The molecule has 1 aromatic heterocycles.